The molecule has 3 nitrogen and oxygen atoms in total. The second-order valence-corrected chi connectivity index (χ2v) is 5.80. The number of benzene rings is 2. The Kier molecular flexibility index (Phi) is 2.52. The number of aryl methyl sites for hydroxylation is 1. The minimum Gasteiger partial charge on any atom is -0.346 e. The maximum atomic E-state index is 13.0. The maximum absolute atomic E-state index is 13.0. The van der Waals surface area contributed by atoms with Gasteiger partial charge in [-0.2, -0.15) is 5.26 Å². The Morgan fingerprint density at radius 2 is 1.95 bits per heavy atom. The van der Waals surface area contributed by atoms with E-state index in [1.54, 1.807) is 6.07 Å². The number of nitriles is 1. The highest BCUT2D eigenvalue weighted by atomic mass is 16.1. The van der Waals surface area contributed by atoms with Crippen molar-refractivity contribution in [2.24, 2.45) is 7.05 Å². The van der Waals surface area contributed by atoms with E-state index in [4.69, 9.17) is 5.26 Å². The van der Waals surface area contributed by atoms with Crippen molar-refractivity contribution >= 4 is 16.7 Å². The second kappa shape index (κ2) is 4.32. The summed E-state index contributed by atoms with van der Waals surface area (Å²) in [4.78, 5) is 13.0. The molecule has 0 spiro atoms. The first-order chi connectivity index (χ1) is 10.6. The van der Waals surface area contributed by atoms with Gasteiger partial charge in [0.25, 0.3) is 0 Å². The normalized spacial score (nSPS) is 16.2. The first-order valence-corrected chi connectivity index (χ1v) is 7.29. The predicted octanol–water partition coefficient (Wildman–Crippen LogP) is 3.75. The molecule has 1 aromatic heterocycles. The molecule has 106 valence electrons. The van der Waals surface area contributed by atoms with Crippen molar-refractivity contribution in [2.75, 3.05) is 0 Å². The molecule has 0 fully saturated rings. The van der Waals surface area contributed by atoms with E-state index >= 15 is 0 Å². The number of nitrogens with zero attached hydrogens (tertiary/aromatic N) is 2. The van der Waals surface area contributed by atoms with Gasteiger partial charge < -0.3 is 4.57 Å². The molecule has 1 heterocycles. The van der Waals surface area contributed by atoms with Crippen LogP contribution in [0.5, 0.6) is 0 Å². The highest BCUT2D eigenvalue weighted by Crippen LogP contribution is 2.41. The molecule has 0 amide bonds. The monoisotopic (exact) mass is 286 g/mol. The number of hydrogen-bond acceptors (Lipinski definition) is 2. The van der Waals surface area contributed by atoms with Crippen LogP contribution in [0.1, 0.15) is 45.6 Å². The lowest BCUT2D eigenvalue weighted by atomic mass is 9.81. The summed E-state index contributed by atoms with van der Waals surface area (Å²) in [6.45, 7) is 2.13. The van der Waals surface area contributed by atoms with Gasteiger partial charge in [-0.05, 0) is 17.7 Å². The van der Waals surface area contributed by atoms with Crippen molar-refractivity contribution in [1.82, 2.24) is 4.57 Å². The van der Waals surface area contributed by atoms with Crippen molar-refractivity contribution in [3.63, 3.8) is 0 Å². The molecule has 1 atom stereocenters. The number of aromatic nitrogens is 1. The van der Waals surface area contributed by atoms with Gasteiger partial charge >= 0.3 is 0 Å². The summed E-state index contributed by atoms with van der Waals surface area (Å²) in [6, 6.07) is 15.5. The van der Waals surface area contributed by atoms with Crippen molar-refractivity contribution in [2.45, 2.75) is 12.8 Å². The lowest BCUT2D eigenvalue weighted by molar-refractivity contribution is 0.103. The Morgan fingerprint density at radius 3 is 2.73 bits per heavy atom. The molecule has 2 aromatic carbocycles. The molecule has 0 radical (unpaired) electrons. The lowest BCUT2D eigenvalue weighted by Crippen LogP contribution is -2.19. The minimum atomic E-state index is 0.0824. The molecule has 0 saturated heterocycles. The van der Waals surface area contributed by atoms with Crippen LogP contribution in [0, 0.1) is 11.3 Å². The second-order valence-electron chi connectivity index (χ2n) is 5.80. The summed E-state index contributed by atoms with van der Waals surface area (Å²) >= 11 is 0. The Balaban J connectivity index is 2.12. The van der Waals surface area contributed by atoms with Gasteiger partial charge in [0.1, 0.15) is 0 Å². The van der Waals surface area contributed by atoms with E-state index in [0.717, 1.165) is 33.3 Å². The quantitative estimate of drug-likeness (QED) is 0.632. The van der Waals surface area contributed by atoms with Gasteiger partial charge in [-0.1, -0.05) is 37.3 Å². The van der Waals surface area contributed by atoms with E-state index in [9.17, 15) is 4.79 Å². The third-order valence-electron chi connectivity index (χ3n) is 4.68. The Morgan fingerprint density at radius 1 is 1.18 bits per heavy atom. The molecule has 0 saturated carbocycles. The van der Waals surface area contributed by atoms with Gasteiger partial charge in [0.15, 0.2) is 5.78 Å². The van der Waals surface area contributed by atoms with E-state index < -0.39 is 0 Å². The van der Waals surface area contributed by atoms with Crippen LogP contribution in [0.25, 0.3) is 10.9 Å². The minimum absolute atomic E-state index is 0.0824. The summed E-state index contributed by atoms with van der Waals surface area (Å²) in [5.74, 6) is 0.242. The van der Waals surface area contributed by atoms with Gasteiger partial charge in [0, 0.05) is 29.6 Å². The van der Waals surface area contributed by atoms with Crippen molar-refractivity contribution < 1.29 is 4.79 Å². The van der Waals surface area contributed by atoms with Crippen LogP contribution in [-0.2, 0) is 7.05 Å². The molecule has 4 rings (SSSR count). The molecule has 1 aliphatic rings. The van der Waals surface area contributed by atoms with Gasteiger partial charge in [-0.3, -0.25) is 4.79 Å². The Labute approximate surface area is 128 Å². The van der Waals surface area contributed by atoms with Gasteiger partial charge in [0.2, 0.25) is 0 Å². The topological polar surface area (TPSA) is 45.8 Å². The molecular formula is C19H14N2O. The smallest absolute Gasteiger partial charge is 0.195 e. The van der Waals surface area contributed by atoms with E-state index in [2.05, 4.69) is 17.6 Å². The molecular weight excluding hydrogens is 272 g/mol. The highest BCUT2D eigenvalue weighted by molar-refractivity contribution is 6.19. The van der Waals surface area contributed by atoms with Crippen LogP contribution in [0.4, 0.5) is 0 Å². The maximum Gasteiger partial charge on any atom is 0.195 e. The fraction of sp³-hybridized carbons (Fsp3) is 0.158. The standard InChI is InChI=1S/C19H14N2O/c1-11-13-5-3-4-6-14(13)19(22)17-15-8-7-12(10-20)9-16(15)21(2)18(11)17/h3-9,11H,1-2H3. The fourth-order valence-electron chi connectivity index (χ4n) is 3.63. The summed E-state index contributed by atoms with van der Waals surface area (Å²) < 4.78 is 2.06. The molecule has 22 heavy (non-hydrogen) atoms. The van der Waals surface area contributed by atoms with Gasteiger partial charge in [-0.15, -0.1) is 0 Å². The van der Waals surface area contributed by atoms with Crippen LogP contribution in [-0.4, -0.2) is 10.4 Å². The number of fused-ring (bicyclic) bond motifs is 4. The summed E-state index contributed by atoms with van der Waals surface area (Å²) in [5.41, 5.74) is 5.24. The van der Waals surface area contributed by atoms with Crippen molar-refractivity contribution in [3.8, 4) is 6.07 Å². The van der Waals surface area contributed by atoms with E-state index in [0.29, 0.717) is 5.56 Å². The van der Waals surface area contributed by atoms with Crippen LogP contribution in [0.3, 0.4) is 0 Å². The van der Waals surface area contributed by atoms with E-state index in [1.807, 2.05) is 43.4 Å². The molecule has 0 N–H and O–H groups in total. The SMILES string of the molecule is CC1c2ccccc2C(=O)c2c1n(C)c1cc(C#N)ccc21. The third kappa shape index (κ3) is 1.47. The van der Waals surface area contributed by atoms with E-state index in [1.165, 1.54) is 0 Å². The first kappa shape index (κ1) is 12.8. The largest absolute Gasteiger partial charge is 0.346 e. The third-order valence-corrected chi connectivity index (χ3v) is 4.68. The average Bonchev–Trinajstić information content (AvgIpc) is 2.85. The zero-order valence-electron chi connectivity index (χ0n) is 12.4. The van der Waals surface area contributed by atoms with E-state index in [-0.39, 0.29) is 11.7 Å². The zero-order chi connectivity index (χ0) is 15.4. The highest BCUT2D eigenvalue weighted by Gasteiger charge is 2.33. The average molecular weight is 286 g/mol. The Hall–Kier alpha value is -2.86. The van der Waals surface area contributed by atoms with Crippen LogP contribution in [0.2, 0.25) is 0 Å². The molecule has 3 aromatic rings. The molecule has 1 aliphatic carbocycles. The fourth-order valence-corrected chi connectivity index (χ4v) is 3.63. The van der Waals surface area contributed by atoms with Crippen LogP contribution >= 0.6 is 0 Å². The first-order valence-electron chi connectivity index (χ1n) is 7.29. The number of ketones is 1. The molecule has 0 aliphatic heterocycles. The molecule has 3 heteroatoms. The van der Waals surface area contributed by atoms with Gasteiger partial charge in [-0.25, -0.2) is 0 Å². The molecule has 1 unspecified atom stereocenters. The van der Waals surface area contributed by atoms with Crippen molar-refractivity contribution in [3.05, 3.63) is 70.4 Å². The zero-order valence-corrected chi connectivity index (χ0v) is 12.4. The number of carbonyl (C=O) groups excluding carboxylic acids is 1. The number of hydrogen-bond donors (Lipinski definition) is 0. The van der Waals surface area contributed by atoms with Crippen LogP contribution < -0.4 is 0 Å². The van der Waals surface area contributed by atoms with Gasteiger partial charge in [0.05, 0.1) is 22.7 Å². The molecule has 0 bridgehead atoms. The van der Waals surface area contributed by atoms with Crippen LogP contribution in [0.15, 0.2) is 42.5 Å². The lowest BCUT2D eigenvalue weighted by Gasteiger charge is -2.23. The summed E-state index contributed by atoms with van der Waals surface area (Å²) in [7, 11) is 1.97. The Bertz CT molecular complexity index is 989. The van der Waals surface area contributed by atoms with Crippen molar-refractivity contribution in [1.29, 1.82) is 5.26 Å². The summed E-state index contributed by atoms with van der Waals surface area (Å²) in [5, 5.41) is 10.0. The summed E-state index contributed by atoms with van der Waals surface area (Å²) in [6.07, 6.45) is 0. The predicted molar refractivity (Wildman–Crippen MR) is 85.0 cm³/mol. The number of rotatable bonds is 0. The number of carbonyl (C=O) groups is 1.